The first kappa shape index (κ1) is 11.6. The minimum absolute atomic E-state index is 0.0363. The Labute approximate surface area is 107 Å². The highest BCUT2D eigenvalue weighted by Gasteiger charge is 2.10. The highest BCUT2D eigenvalue weighted by atomic mass is 79.9. The van der Waals surface area contributed by atoms with Crippen molar-refractivity contribution in [3.05, 3.63) is 40.4 Å². The molecule has 6 heteroatoms. The molecular weight excluding hydrogens is 282 g/mol. The van der Waals surface area contributed by atoms with Crippen LogP contribution in [0.15, 0.2) is 29.0 Å². The lowest BCUT2D eigenvalue weighted by Crippen LogP contribution is -2.09. The zero-order valence-electron chi connectivity index (χ0n) is 9.11. The molecule has 0 fully saturated rings. The van der Waals surface area contributed by atoms with Crippen LogP contribution in [0, 0.1) is 11.3 Å². The second-order valence-electron chi connectivity index (χ2n) is 3.54. The molecule has 2 rings (SSSR count). The minimum Gasteiger partial charge on any atom is -0.374 e. The molecule has 17 heavy (non-hydrogen) atoms. The Bertz CT molecular complexity index is 543. The molecule has 1 aromatic carbocycles. The van der Waals surface area contributed by atoms with E-state index in [0.29, 0.717) is 5.56 Å². The Hall–Kier alpha value is -1.87. The highest BCUT2D eigenvalue weighted by molar-refractivity contribution is 9.10. The second-order valence-corrected chi connectivity index (χ2v) is 4.45. The molecule has 0 aliphatic carbocycles. The summed E-state index contributed by atoms with van der Waals surface area (Å²) in [7, 11) is 0. The predicted octanol–water partition coefficient (Wildman–Crippen LogP) is 2.61. The van der Waals surface area contributed by atoms with Crippen molar-refractivity contribution in [2.45, 2.75) is 13.0 Å². The van der Waals surface area contributed by atoms with Gasteiger partial charge in [-0.3, -0.25) is 5.10 Å². The average molecular weight is 292 g/mol. The molecular formula is C11H10BrN5. The van der Waals surface area contributed by atoms with Crippen molar-refractivity contribution in [2.24, 2.45) is 0 Å². The smallest absolute Gasteiger partial charge is 0.146 e. The van der Waals surface area contributed by atoms with Gasteiger partial charge in [-0.25, -0.2) is 4.98 Å². The normalized spacial score (nSPS) is 11.8. The van der Waals surface area contributed by atoms with Gasteiger partial charge in [0.15, 0.2) is 0 Å². The molecule has 0 amide bonds. The van der Waals surface area contributed by atoms with Crippen LogP contribution in [-0.4, -0.2) is 15.2 Å². The van der Waals surface area contributed by atoms with Crippen LogP contribution in [0.1, 0.15) is 24.4 Å². The van der Waals surface area contributed by atoms with Gasteiger partial charge < -0.3 is 5.32 Å². The summed E-state index contributed by atoms with van der Waals surface area (Å²) in [5.74, 6) is 0.733. The molecule has 1 unspecified atom stereocenters. The number of H-pyrrole nitrogens is 1. The minimum atomic E-state index is -0.0363. The Balaban J connectivity index is 2.22. The van der Waals surface area contributed by atoms with Gasteiger partial charge in [0.1, 0.15) is 18.2 Å². The topological polar surface area (TPSA) is 77.4 Å². The quantitative estimate of drug-likeness (QED) is 0.911. The summed E-state index contributed by atoms with van der Waals surface area (Å²) in [6.45, 7) is 1.95. The van der Waals surface area contributed by atoms with Crippen LogP contribution in [0.25, 0.3) is 0 Å². The monoisotopic (exact) mass is 291 g/mol. The molecule has 86 valence electrons. The number of aromatic nitrogens is 3. The number of nitriles is 1. The van der Waals surface area contributed by atoms with Crippen molar-refractivity contribution in [1.82, 2.24) is 15.2 Å². The molecule has 1 heterocycles. The van der Waals surface area contributed by atoms with Crippen molar-refractivity contribution in [2.75, 3.05) is 5.32 Å². The largest absolute Gasteiger partial charge is 0.374 e. The van der Waals surface area contributed by atoms with Gasteiger partial charge in [0.2, 0.25) is 0 Å². The lowest BCUT2D eigenvalue weighted by Gasteiger charge is -2.13. The first-order valence-electron chi connectivity index (χ1n) is 5.02. The van der Waals surface area contributed by atoms with Gasteiger partial charge in [-0.1, -0.05) is 15.9 Å². The summed E-state index contributed by atoms with van der Waals surface area (Å²) < 4.78 is 0.881. The van der Waals surface area contributed by atoms with Crippen molar-refractivity contribution in [3.8, 4) is 6.07 Å². The lowest BCUT2D eigenvalue weighted by atomic mass is 10.2. The van der Waals surface area contributed by atoms with Crippen LogP contribution in [0.2, 0.25) is 0 Å². The Morgan fingerprint density at radius 3 is 3.00 bits per heavy atom. The molecule has 0 saturated heterocycles. The Morgan fingerprint density at radius 2 is 2.35 bits per heavy atom. The zero-order valence-corrected chi connectivity index (χ0v) is 10.7. The summed E-state index contributed by atoms with van der Waals surface area (Å²) in [5.41, 5.74) is 1.37. The maximum Gasteiger partial charge on any atom is 0.146 e. The summed E-state index contributed by atoms with van der Waals surface area (Å²) in [5, 5.41) is 18.8. The van der Waals surface area contributed by atoms with Crippen LogP contribution in [0.4, 0.5) is 5.69 Å². The van der Waals surface area contributed by atoms with E-state index in [0.717, 1.165) is 16.0 Å². The molecule has 1 atom stereocenters. The number of hydrogen-bond acceptors (Lipinski definition) is 4. The van der Waals surface area contributed by atoms with E-state index < -0.39 is 0 Å². The first-order chi connectivity index (χ1) is 8.20. The van der Waals surface area contributed by atoms with Crippen LogP contribution in [0.3, 0.4) is 0 Å². The molecule has 5 nitrogen and oxygen atoms in total. The van der Waals surface area contributed by atoms with Gasteiger partial charge in [0, 0.05) is 4.47 Å². The third-order valence-electron chi connectivity index (χ3n) is 2.32. The van der Waals surface area contributed by atoms with Crippen LogP contribution < -0.4 is 5.32 Å². The number of nitrogens with zero attached hydrogens (tertiary/aromatic N) is 3. The summed E-state index contributed by atoms with van der Waals surface area (Å²) in [6.07, 6.45) is 1.46. The lowest BCUT2D eigenvalue weighted by molar-refractivity contribution is 0.795. The van der Waals surface area contributed by atoms with E-state index in [2.05, 4.69) is 42.5 Å². The Morgan fingerprint density at radius 1 is 1.53 bits per heavy atom. The van der Waals surface area contributed by atoms with Crippen molar-refractivity contribution < 1.29 is 0 Å². The molecule has 0 spiro atoms. The predicted molar refractivity (Wildman–Crippen MR) is 67.3 cm³/mol. The summed E-state index contributed by atoms with van der Waals surface area (Å²) in [4.78, 5) is 4.06. The molecule has 0 bridgehead atoms. The summed E-state index contributed by atoms with van der Waals surface area (Å²) in [6, 6.07) is 7.63. The van der Waals surface area contributed by atoms with E-state index in [-0.39, 0.29) is 6.04 Å². The fourth-order valence-corrected chi connectivity index (χ4v) is 1.82. The molecule has 0 aliphatic heterocycles. The molecule has 0 aliphatic rings. The molecule has 1 aromatic heterocycles. The number of hydrogen-bond donors (Lipinski definition) is 2. The SMILES string of the molecule is CC(Nc1ccc(Br)cc1C#N)c1ncn[nH]1. The van der Waals surface area contributed by atoms with Crippen LogP contribution in [-0.2, 0) is 0 Å². The third kappa shape index (κ3) is 2.63. The van der Waals surface area contributed by atoms with Gasteiger partial charge in [-0.05, 0) is 25.1 Å². The third-order valence-corrected chi connectivity index (χ3v) is 2.81. The van der Waals surface area contributed by atoms with E-state index in [9.17, 15) is 0 Å². The van der Waals surface area contributed by atoms with Gasteiger partial charge in [-0.15, -0.1) is 0 Å². The first-order valence-corrected chi connectivity index (χ1v) is 5.81. The number of rotatable bonds is 3. The van der Waals surface area contributed by atoms with Crippen LogP contribution >= 0.6 is 15.9 Å². The van der Waals surface area contributed by atoms with Crippen molar-refractivity contribution in [1.29, 1.82) is 5.26 Å². The second kappa shape index (κ2) is 4.97. The summed E-state index contributed by atoms with van der Waals surface area (Å²) >= 11 is 3.33. The van der Waals surface area contributed by atoms with Gasteiger partial charge in [0.05, 0.1) is 17.3 Å². The number of halogens is 1. The standard InChI is InChI=1S/C11H10BrN5/c1-7(11-14-6-15-17-11)16-10-3-2-9(12)4-8(10)5-13/h2-4,6-7,16H,1H3,(H,14,15,17). The maximum atomic E-state index is 9.04. The van der Waals surface area contributed by atoms with E-state index in [1.54, 1.807) is 6.07 Å². The number of anilines is 1. The zero-order chi connectivity index (χ0) is 12.3. The fraction of sp³-hybridized carbons (Fsp3) is 0.182. The molecule has 0 saturated carbocycles. The molecule has 0 radical (unpaired) electrons. The van der Waals surface area contributed by atoms with Crippen LogP contribution in [0.5, 0.6) is 0 Å². The van der Waals surface area contributed by atoms with Crippen molar-refractivity contribution >= 4 is 21.6 Å². The van der Waals surface area contributed by atoms with Gasteiger partial charge in [0.25, 0.3) is 0 Å². The van der Waals surface area contributed by atoms with Crippen molar-refractivity contribution in [3.63, 3.8) is 0 Å². The molecule has 2 aromatic rings. The Kier molecular flexibility index (Phi) is 3.40. The van der Waals surface area contributed by atoms with Gasteiger partial charge in [-0.2, -0.15) is 10.4 Å². The number of nitrogens with one attached hydrogen (secondary N) is 2. The van der Waals surface area contributed by atoms with E-state index in [1.165, 1.54) is 6.33 Å². The fourth-order valence-electron chi connectivity index (χ4n) is 1.46. The van der Waals surface area contributed by atoms with E-state index in [4.69, 9.17) is 5.26 Å². The number of benzene rings is 1. The maximum absolute atomic E-state index is 9.04. The number of aromatic amines is 1. The van der Waals surface area contributed by atoms with E-state index >= 15 is 0 Å². The average Bonchev–Trinajstić information content (AvgIpc) is 2.85. The highest BCUT2D eigenvalue weighted by Crippen LogP contribution is 2.23. The molecule has 2 N–H and O–H groups in total. The van der Waals surface area contributed by atoms with Gasteiger partial charge >= 0.3 is 0 Å². The van der Waals surface area contributed by atoms with E-state index in [1.807, 2.05) is 19.1 Å².